The summed E-state index contributed by atoms with van der Waals surface area (Å²) >= 11 is 0. The monoisotopic (exact) mass is 279 g/mol. The van der Waals surface area contributed by atoms with Crippen LogP contribution in [0.15, 0.2) is 24.3 Å². The minimum absolute atomic E-state index is 0.0343. The summed E-state index contributed by atoms with van der Waals surface area (Å²) in [6, 6.07) is 6.40. The molecule has 2 rings (SSSR count). The number of likely N-dealkylation sites (N-methyl/N-ethyl adjacent to an activating group) is 1. The second kappa shape index (κ2) is 6.81. The van der Waals surface area contributed by atoms with Crippen molar-refractivity contribution in [1.29, 1.82) is 0 Å². The maximum Gasteiger partial charge on any atom is 0.236 e. The molecule has 1 heterocycles. The molecule has 1 aliphatic heterocycles. The molecule has 1 saturated heterocycles. The lowest BCUT2D eigenvalue weighted by Crippen LogP contribution is -2.49. The molecule has 1 fully saturated rings. The van der Waals surface area contributed by atoms with E-state index in [1.54, 1.807) is 12.1 Å². The molecule has 1 amide bonds. The van der Waals surface area contributed by atoms with Crippen molar-refractivity contribution in [1.82, 2.24) is 15.1 Å². The molecular formula is C15H22FN3O. The van der Waals surface area contributed by atoms with Crippen molar-refractivity contribution >= 4 is 5.91 Å². The van der Waals surface area contributed by atoms with E-state index in [4.69, 9.17) is 0 Å². The van der Waals surface area contributed by atoms with Crippen LogP contribution in [-0.4, -0.2) is 55.5 Å². The molecule has 0 aromatic heterocycles. The van der Waals surface area contributed by atoms with Crippen LogP contribution in [0.1, 0.15) is 18.5 Å². The number of piperazine rings is 1. The van der Waals surface area contributed by atoms with Gasteiger partial charge in [0.2, 0.25) is 5.91 Å². The van der Waals surface area contributed by atoms with Crippen molar-refractivity contribution in [3.8, 4) is 0 Å². The van der Waals surface area contributed by atoms with E-state index in [0.717, 1.165) is 31.7 Å². The van der Waals surface area contributed by atoms with Gasteiger partial charge in [-0.3, -0.25) is 4.79 Å². The third-order valence-electron chi connectivity index (χ3n) is 3.79. The maximum atomic E-state index is 12.9. The van der Waals surface area contributed by atoms with Gasteiger partial charge in [-0.05, 0) is 31.7 Å². The number of hydrogen-bond donors (Lipinski definition) is 1. The zero-order chi connectivity index (χ0) is 14.5. The van der Waals surface area contributed by atoms with Crippen LogP contribution in [0.3, 0.4) is 0 Å². The van der Waals surface area contributed by atoms with Crippen LogP contribution in [0.5, 0.6) is 0 Å². The molecule has 1 aliphatic rings. The van der Waals surface area contributed by atoms with E-state index in [1.807, 2.05) is 11.8 Å². The molecule has 0 unspecified atom stereocenters. The van der Waals surface area contributed by atoms with Crippen molar-refractivity contribution < 1.29 is 9.18 Å². The lowest BCUT2D eigenvalue weighted by atomic mass is 10.1. The van der Waals surface area contributed by atoms with Gasteiger partial charge in [-0.2, -0.15) is 0 Å². The van der Waals surface area contributed by atoms with Crippen molar-refractivity contribution in [3.05, 3.63) is 35.6 Å². The number of nitrogens with zero attached hydrogens (tertiary/aromatic N) is 2. The number of rotatable bonds is 4. The van der Waals surface area contributed by atoms with Gasteiger partial charge in [0.1, 0.15) is 5.82 Å². The zero-order valence-electron chi connectivity index (χ0n) is 12.1. The highest BCUT2D eigenvalue weighted by molar-refractivity contribution is 5.78. The number of benzene rings is 1. The molecule has 20 heavy (non-hydrogen) atoms. The quantitative estimate of drug-likeness (QED) is 0.901. The van der Waals surface area contributed by atoms with Gasteiger partial charge in [-0.15, -0.1) is 0 Å². The van der Waals surface area contributed by atoms with Crippen LogP contribution in [0, 0.1) is 5.82 Å². The summed E-state index contributed by atoms with van der Waals surface area (Å²) in [6.07, 6.45) is 0. The van der Waals surface area contributed by atoms with Gasteiger partial charge in [0.05, 0.1) is 6.54 Å². The van der Waals surface area contributed by atoms with Gasteiger partial charge >= 0.3 is 0 Å². The Morgan fingerprint density at radius 1 is 1.25 bits per heavy atom. The van der Waals surface area contributed by atoms with E-state index in [0.29, 0.717) is 6.54 Å². The second-order valence-electron chi connectivity index (χ2n) is 5.34. The summed E-state index contributed by atoms with van der Waals surface area (Å²) in [5, 5.41) is 3.20. The first kappa shape index (κ1) is 14.9. The number of nitrogens with one attached hydrogen (secondary N) is 1. The van der Waals surface area contributed by atoms with Crippen molar-refractivity contribution in [2.75, 3.05) is 39.8 Å². The van der Waals surface area contributed by atoms with E-state index in [9.17, 15) is 9.18 Å². The zero-order valence-corrected chi connectivity index (χ0v) is 12.1. The Labute approximate surface area is 119 Å². The maximum absolute atomic E-state index is 12.9. The Kier molecular flexibility index (Phi) is 5.09. The third-order valence-corrected chi connectivity index (χ3v) is 3.79. The fourth-order valence-electron chi connectivity index (χ4n) is 2.28. The molecule has 0 radical (unpaired) electrons. The summed E-state index contributed by atoms with van der Waals surface area (Å²) in [5.41, 5.74) is 0.984. The molecule has 1 atom stereocenters. The average molecular weight is 279 g/mol. The number of halogens is 1. The molecule has 1 aromatic rings. The van der Waals surface area contributed by atoms with E-state index in [1.165, 1.54) is 12.1 Å². The van der Waals surface area contributed by atoms with Gasteiger partial charge in [-0.25, -0.2) is 4.39 Å². The van der Waals surface area contributed by atoms with E-state index in [-0.39, 0.29) is 17.8 Å². The highest BCUT2D eigenvalue weighted by Crippen LogP contribution is 2.12. The first-order chi connectivity index (χ1) is 9.56. The second-order valence-corrected chi connectivity index (χ2v) is 5.34. The SMILES string of the molecule is C[C@@H](NCC(=O)N1CCN(C)CC1)c1ccc(F)cc1. The molecule has 1 N–H and O–H groups in total. The van der Waals surface area contributed by atoms with Crippen molar-refractivity contribution in [2.45, 2.75) is 13.0 Å². The lowest BCUT2D eigenvalue weighted by Gasteiger charge is -2.32. The summed E-state index contributed by atoms with van der Waals surface area (Å²) < 4.78 is 12.9. The molecule has 0 saturated carbocycles. The highest BCUT2D eigenvalue weighted by Gasteiger charge is 2.19. The summed E-state index contributed by atoms with van der Waals surface area (Å²) in [4.78, 5) is 16.2. The standard InChI is InChI=1S/C15H22FN3O/c1-12(13-3-5-14(16)6-4-13)17-11-15(20)19-9-7-18(2)8-10-19/h3-6,12,17H,7-11H2,1-2H3/t12-/m1/s1. The average Bonchev–Trinajstić information content (AvgIpc) is 2.46. The summed E-state index contributed by atoms with van der Waals surface area (Å²) in [6.45, 7) is 5.75. The van der Waals surface area contributed by atoms with Crippen molar-refractivity contribution in [3.63, 3.8) is 0 Å². The fourth-order valence-corrected chi connectivity index (χ4v) is 2.28. The minimum atomic E-state index is -0.241. The summed E-state index contributed by atoms with van der Waals surface area (Å²) in [5.74, 6) is -0.110. The number of carbonyl (C=O) groups excluding carboxylic acids is 1. The van der Waals surface area contributed by atoms with Gasteiger partial charge in [-0.1, -0.05) is 12.1 Å². The predicted molar refractivity (Wildman–Crippen MR) is 76.9 cm³/mol. The van der Waals surface area contributed by atoms with E-state index < -0.39 is 0 Å². The normalized spacial score (nSPS) is 18.1. The molecular weight excluding hydrogens is 257 g/mol. The van der Waals surface area contributed by atoms with E-state index in [2.05, 4.69) is 17.3 Å². The topological polar surface area (TPSA) is 35.6 Å². The van der Waals surface area contributed by atoms with Crippen LogP contribution in [0.4, 0.5) is 4.39 Å². The Balaban J connectivity index is 1.79. The molecule has 110 valence electrons. The molecule has 0 bridgehead atoms. The lowest BCUT2D eigenvalue weighted by molar-refractivity contribution is -0.131. The van der Waals surface area contributed by atoms with Crippen LogP contribution in [0.2, 0.25) is 0 Å². The number of amides is 1. The first-order valence-electron chi connectivity index (χ1n) is 7.01. The summed E-state index contributed by atoms with van der Waals surface area (Å²) in [7, 11) is 2.07. The van der Waals surface area contributed by atoms with Gasteiger partial charge in [0, 0.05) is 32.2 Å². The van der Waals surface area contributed by atoms with Crippen LogP contribution >= 0.6 is 0 Å². The molecule has 0 spiro atoms. The highest BCUT2D eigenvalue weighted by atomic mass is 19.1. The number of carbonyl (C=O) groups is 1. The Morgan fingerprint density at radius 2 is 1.85 bits per heavy atom. The molecule has 4 nitrogen and oxygen atoms in total. The molecule has 5 heteroatoms. The molecule has 1 aromatic carbocycles. The van der Waals surface area contributed by atoms with Crippen molar-refractivity contribution in [2.24, 2.45) is 0 Å². The predicted octanol–water partition coefficient (Wildman–Crippen LogP) is 1.25. The molecule has 0 aliphatic carbocycles. The Bertz CT molecular complexity index is 441. The van der Waals surface area contributed by atoms with Gasteiger partial charge < -0.3 is 15.1 Å². The number of hydrogen-bond acceptors (Lipinski definition) is 3. The van der Waals surface area contributed by atoms with Crippen LogP contribution in [0.25, 0.3) is 0 Å². The Morgan fingerprint density at radius 3 is 2.45 bits per heavy atom. The minimum Gasteiger partial charge on any atom is -0.339 e. The van der Waals surface area contributed by atoms with Gasteiger partial charge in [0.15, 0.2) is 0 Å². The smallest absolute Gasteiger partial charge is 0.236 e. The van der Waals surface area contributed by atoms with Crippen LogP contribution < -0.4 is 5.32 Å². The third kappa shape index (κ3) is 4.02. The van der Waals surface area contributed by atoms with E-state index >= 15 is 0 Å². The largest absolute Gasteiger partial charge is 0.339 e. The fraction of sp³-hybridized carbons (Fsp3) is 0.533. The Hall–Kier alpha value is -1.46. The first-order valence-corrected chi connectivity index (χ1v) is 7.01. The van der Waals surface area contributed by atoms with Crippen LogP contribution in [-0.2, 0) is 4.79 Å². The van der Waals surface area contributed by atoms with Gasteiger partial charge in [0.25, 0.3) is 0 Å².